The van der Waals surface area contributed by atoms with Crippen molar-refractivity contribution in [1.82, 2.24) is 0 Å². The Morgan fingerprint density at radius 2 is 1.52 bits per heavy atom. The quantitative estimate of drug-likeness (QED) is 0.820. The molecule has 2 aromatic carbocycles. The molecule has 1 amide bonds. The second-order valence-corrected chi connectivity index (χ2v) is 4.62. The molecule has 0 radical (unpaired) electrons. The van der Waals surface area contributed by atoms with Crippen LogP contribution in [0.4, 0.5) is 5.69 Å². The summed E-state index contributed by atoms with van der Waals surface area (Å²) in [5.41, 5.74) is 1.10. The molecule has 0 unspecified atom stereocenters. The molecule has 0 heterocycles. The third-order valence-electron chi connectivity index (χ3n) is 2.90. The Hall–Kier alpha value is -3.02. The Labute approximate surface area is 133 Å². The molecule has 2 rings (SSSR count). The maximum absolute atomic E-state index is 12.1. The predicted octanol–water partition coefficient (Wildman–Crippen LogP) is 2.80. The predicted molar refractivity (Wildman–Crippen MR) is 85.1 cm³/mol. The normalized spacial score (nSPS) is 9.96. The number of carbonyl (C=O) groups excluding carboxylic acids is 1. The number of anilines is 1. The van der Waals surface area contributed by atoms with Gasteiger partial charge in [0.25, 0.3) is 5.91 Å². The van der Waals surface area contributed by atoms with Gasteiger partial charge in [-0.15, -0.1) is 0 Å². The molecule has 0 aliphatic heterocycles. The minimum Gasteiger partial charge on any atom is -0.494 e. The molecule has 0 bridgehead atoms. The van der Waals surface area contributed by atoms with Crippen LogP contribution in [0.1, 0.15) is 17.3 Å². The third kappa shape index (κ3) is 5.03. The van der Waals surface area contributed by atoms with Crippen molar-refractivity contribution < 1.29 is 24.2 Å². The zero-order valence-electron chi connectivity index (χ0n) is 12.6. The van der Waals surface area contributed by atoms with Gasteiger partial charge in [0.2, 0.25) is 0 Å². The van der Waals surface area contributed by atoms with Gasteiger partial charge in [-0.05, 0) is 55.5 Å². The average Bonchev–Trinajstić information content (AvgIpc) is 2.55. The number of benzene rings is 2. The smallest absolute Gasteiger partial charge is 0.341 e. The lowest BCUT2D eigenvalue weighted by Gasteiger charge is -2.08. The van der Waals surface area contributed by atoms with Crippen LogP contribution in [-0.2, 0) is 4.79 Å². The molecule has 0 saturated heterocycles. The van der Waals surface area contributed by atoms with Gasteiger partial charge in [-0.25, -0.2) is 4.79 Å². The van der Waals surface area contributed by atoms with Crippen LogP contribution in [0, 0.1) is 0 Å². The summed E-state index contributed by atoms with van der Waals surface area (Å²) in [5.74, 6) is -0.152. The summed E-state index contributed by atoms with van der Waals surface area (Å²) in [4.78, 5) is 22.5. The molecular weight excluding hydrogens is 298 g/mol. The maximum atomic E-state index is 12.1. The Bertz CT molecular complexity index is 664. The summed E-state index contributed by atoms with van der Waals surface area (Å²) < 4.78 is 10.3. The second-order valence-electron chi connectivity index (χ2n) is 4.62. The van der Waals surface area contributed by atoms with Crippen LogP contribution in [0.25, 0.3) is 0 Å². The highest BCUT2D eigenvalue weighted by Gasteiger charge is 2.07. The monoisotopic (exact) mass is 315 g/mol. The number of carbonyl (C=O) groups is 2. The van der Waals surface area contributed by atoms with Crippen LogP contribution in [0.5, 0.6) is 11.5 Å². The molecule has 0 atom stereocenters. The van der Waals surface area contributed by atoms with Gasteiger partial charge in [-0.1, -0.05) is 0 Å². The zero-order chi connectivity index (χ0) is 16.7. The van der Waals surface area contributed by atoms with Gasteiger partial charge in [-0.3, -0.25) is 4.79 Å². The largest absolute Gasteiger partial charge is 0.494 e. The van der Waals surface area contributed by atoms with E-state index in [9.17, 15) is 9.59 Å². The van der Waals surface area contributed by atoms with E-state index in [1.54, 1.807) is 48.5 Å². The van der Waals surface area contributed by atoms with E-state index in [1.807, 2.05) is 6.92 Å². The van der Waals surface area contributed by atoms with Crippen molar-refractivity contribution in [1.29, 1.82) is 0 Å². The molecule has 0 saturated carbocycles. The standard InChI is InChI=1S/C17H17NO5/c1-2-22-14-7-3-12(4-8-14)17(21)18-13-5-9-15(10-6-13)23-11-16(19)20/h3-10H,2,11H2,1H3,(H,18,21)(H,19,20). The van der Waals surface area contributed by atoms with Crippen molar-refractivity contribution >= 4 is 17.6 Å². The molecule has 120 valence electrons. The van der Waals surface area contributed by atoms with Crippen molar-refractivity contribution in [3.05, 3.63) is 54.1 Å². The Balaban J connectivity index is 1.95. The van der Waals surface area contributed by atoms with Gasteiger partial charge in [0, 0.05) is 11.3 Å². The van der Waals surface area contributed by atoms with Gasteiger partial charge in [0.1, 0.15) is 11.5 Å². The van der Waals surface area contributed by atoms with Gasteiger partial charge >= 0.3 is 5.97 Å². The highest BCUT2D eigenvalue weighted by molar-refractivity contribution is 6.04. The van der Waals surface area contributed by atoms with Gasteiger partial charge < -0.3 is 19.9 Å². The summed E-state index contributed by atoms with van der Waals surface area (Å²) in [7, 11) is 0. The Morgan fingerprint density at radius 3 is 2.09 bits per heavy atom. The van der Waals surface area contributed by atoms with E-state index in [2.05, 4.69) is 5.32 Å². The van der Waals surface area contributed by atoms with Gasteiger partial charge in [0.05, 0.1) is 6.61 Å². The van der Waals surface area contributed by atoms with E-state index in [4.69, 9.17) is 14.6 Å². The zero-order valence-corrected chi connectivity index (χ0v) is 12.6. The highest BCUT2D eigenvalue weighted by atomic mass is 16.5. The number of amides is 1. The molecule has 2 N–H and O–H groups in total. The highest BCUT2D eigenvalue weighted by Crippen LogP contribution is 2.17. The number of aliphatic carboxylic acids is 1. The number of hydrogen-bond donors (Lipinski definition) is 2. The van der Waals surface area contributed by atoms with E-state index in [0.29, 0.717) is 29.4 Å². The summed E-state index contributed by atoms with van der Waals surface area (Å²) in [6.45, 7) is 2.06. The third-order valence-corrected chi connectivity index (χ3v) is 2.90. The van der Waals surface area contributed by atoms with Crippen LogP contribution >= 0.6 is 0 Å². The SMILES string of the molecule is CCOc1ccc(C(=O)Nc2ccc(OCC(=O)O)cc2)cc1. The van der Waals surface area contributed by atoms with E-state index in [1.165, 1.54) is 0 Å². The summed E-state index contributed by atoms with van der Waals surface area (Å²) in [6.07, 6.45) is 0. The maximum Gasteiger partial charge on any atom is 0.341 e. The number of nitrogens with one attached hydrogen (secondary N) is 1. The minimum atomic E-state index is -1.04. The van der Waals surface area contributed by atoms with Crippen LogP contribution < -0.4 is 14.8 Å². The van der Waals surface area contributed by atoms with Crippen LogP contribution in [-0.4, -0.2) is 30.2 Å². The Kier molecular flexibility index (Phi) is 5.57. The number of carboxylic acids is 1. The summed E-state index contributed by atoms with van der Waals surface area (Å²) in [5, 5.41) is 11.3. The van der Waals surface area contributed by atoms with Crippen LogP contribution in [0.3, 0.4) is 0 Å². The number of carboxylic acid groups (broad SMARTS) is 1. The second kappa shape index (κ2) is 7.84. The van der Waals surface area contributed by atoms with E-state index in [-0.39, 0.29) is 5.91 Å². The first-order chi connectivity index (χ1) is 11.1. The first kappa shape index (κ1) is 16.4. The molecule has 0 aromatic heterocycles. The van der Waals surface area contributed by atoms with Gasteiger partial charge in [0.15, 0.2) is 6.61 Å². The molecule has 6 nitrogen and oxygen atoms in total. The first-order valence-electron chi connectivity index (χ1n) is 7.07. The summed E-state index contributed by atoms with van der Waals surface area (Å²) >= 11 is 0. The van der Waals surface area contributed by atoms with Gasteiger partial charge in [-0.2, -0.15) is 0 Å². The lowest BCUT2D eigenvalue weighted by molar-refractivity contribution is -0.139. The fourth-order valence-corrected chi connectivity index (χ4v) is 1.85. The molecule has 0 spiro atoms. The van der Waals surface area contributed by atoms with Crippen molar-refractivity contribution in [3.8, 4) is 11.5 Å². The van der Waals surface area contributed by atoms with E-state index < -0.39 is 12.6 Å². The van der Waals surface area contributed by atoms with Crippen molar-refractivity contribution in [2.24, 2.45) is 0 Å². The average molecular weight is 315 g/mol. The molecule has 6 heteroatoms. The fourth-order valence-electron chi connectivity index (χ4n) is 1.85. The fraction of sp³-hybridized carbons (Fsp3) is 0.176. The lowest BCUT2D eigenvalue weighted by atomic mass is 10.2. The van der Waals surface area contributed by atoms with E-state index >= 15 is 0 Å². The number of ether oxygens (including phenoxy) is 2. The molecule has 0 fully saturated rings. The van der Waals surface area contributed by atoms with Crippen LogP contribution in [0.15, 0.2) is 48.5 Å². The van der Waals surface area contributed by atoms with Crippen LogP contribution in [0.2, 0.25) is 0 Å². The Morgan fingerprint density at radius 1 is 0.957 bits per heavy atom. The molecule has 0 aliphatic carbocycles. The van der Waals surface area contributed by atoms with E-state index in [0.717, 1.165) is 0 Å². The van der Waals surface area contributed by atoms with Crippen molar-refractivity contribution in [2.45, 2.75) is 6.92 Å². The number of hydrogen-bond acceptors (Lipinski definition) is 4. The lowest BCUT2D eigenvalue weighted by Crippen LogP contribution is -2.12. The minimum absolute atomic E-state index is 0.243. The topological polar surface area (TPSA) is 84.9 Å². The molecule has 0 aliphatic rings. The first-order valence-corrected chi connectivity index (χ1v) is 7.07. The van der Waals surface area contributed by atoms with Crippen molar-refractivity contribution in [3.63, 3.8) is 0 Å². The summed E-state index contributed by atoms with van der Waals surface area (Å²) in [6, 6.07) is 13.3. The molecule has 23 heavy (non-hydrogen) atoms. The van der Waals surface area contributed by atoms with Crippen molar-refractivity contribution in [2.75, 3.05) is 18.5 Å². The molecule has 2 aromatic rings. The molecular formula is C17H17NO5. The number of rotatable bonds is 7.